The molecule has 0 amide bonds. The average Bonchev–Trinajstić information content (AvgIpc) is 3.10. The van der Waals surface area contributed by atoms with Crippen LogP contribution in [0.2, 0.25) is 0 Å². The van der Waals surface area contributed by atoms with Crippen molar-refractivity contribution in [2.24, 2.45) is 0 Å². The average molecular weight is 396 g/mol. The molecule has 0 saturated carbocycles. The molecular formula is C17H21N3O4S2. The van der Waals surface area contributed by atoms with Crippen molar-refractivity contribution in [1.29, 1.82) is 0 Å². The van der Waals surface area contributed by atoms with Gasteiger partial charge >= 0.3 is 5.97 Å². The van der Waals surface area contributed by atoms with Crippen LogP contribution in [0, 0.1) is 0 Å². The van der Waals surface area contributed by atoms with E-state index in [1.807, 2.05) is 4.90 Å². The van der Waals surface area contributed by atoms with E-state index in [0.29, 0.717) is 5.82 Å². The summed E-state index contributed by atoms with van der Waals surface area (Å²) in [6.07, 6.45) is 6.73. The van der Waals surface area contributed by atoms with Crippen LogP contribution in [-0.4, -0.2) is 37.6 Å². The number of aromatic carboxylic acids is 1. The zero-order valence-corrected chi connectivity index (χ0v) is 15.9. The molecule has 7 nitrogen and oxygen atoms in total. The highest BCUT2D eigenvalue weighted by molar-refractivity contribution is 7.94. The maximum atomic E-state index is 12.6. The van der Waals surface area contributed by atoms with E-state index in [1.165, 1.54) is 24.8 Å². The van der Waals surface area contributed by atoms with Crippen molar-refractivity contribution in [2.45, 2.75) is 36.3 Å². The quantitative estimate of drug-likeness (QED) is 0.805. The van der Waals surface area contributed by atoms with E-state index in [0.717, 1.165) is 50.1 Å². The van der Waals surface area contributed by atoms with Gasteiger partial charge in [-0.25, -0.2) is 18.2 Å². The van der Waals surface area contributed by atoms with E-state index in [4.69, 9.17) is 0 Å². The molecule has 0 aliphatic carbocycles. The predicted molar refractivity (Wildman–Crippen MR) is 102 cm³/mol. The monoisotopic (exact) mass is 395 g/mol. The number of pyridine rings is 1. The van der Waals surface area contributed by atoms with E-state index in [9.17, 15) is 18.3 Å². The van der Waals surface area contributed by atoms with E-state index < -0.39 is 16.0 Å². The maximum absolute atomic E-state index is 12.6. The Morgan fingerprint density at radius 1 is 1.19 bits per heavy atom. The van der Waals surface area contributed by atoms with Gasteiger partial charge in [0.1, 0.15) is 4.21 Å². The molecule has 26 heavy (non-hydrogen) atoms. The first-order valence-electron chi connectivity index (χ1n) is 8.52. The van der Waals surface area contributed by atoms with Gasteiger partial charge in [0.2, 0.25) is 0 Å². The largest absolute Gasteiger partial charge is 0.478 e. The molecule has 140 valence electrons. The van der Waals surface area contributed by atoms with Crippen LogP contribution in [0.3, 0.4) is 0 Å². The van der Waals surface area contributed by atoms with Gasteiger partial charge in [0.15, 0.2) is 5.82 Å². The number of anilines is 2. The van der Waals surface area contributed by atoms with Crippen LogP contribution in [0.25, 0.3) is 0 Å². The molecule has 3 rings (SSSR count). The lowest BCUT2D eigenvalue weighted by atomic mass is 10.1. The molecule has 0 atom stereocenters. The Balaban J connectivity index is 1.97. The van der Waals surface area contributed by atoms with Gasteiger partial charge in [-0.05, 0) is 30.4 Å². The van der Waals surface area contributed by atoms with Crippen molar-refractivity contribution in [3.63, 3.8) is 0 Å². The van der Waals surface area contributed by atoms with Gasteiger partial charge < -0.3 is 10.0 Å². The second-order valence-electron chi connectivity index (χ2n) is 6.19. The van der Waals surface area contributed by atoms with Crippen LogP contribution >= 0.6 is 11.3 Å². The summed E-state index contributed by atoms with van der Waals surface area (Å²) in [5.41, 5.74) is 0.156. The van der Waals surface area contributed by atoms with Crippen LogP contribution in [0.4, 0.5) is 11.5 Å². The summed E-state index contributed by atoms with van der Waals surface area (Å²) in [5.74, 6) is -0.662. The molecule has 1 fully saturated rings. The Morgan fingerprint density at radius 3 is 2.50 bits per heavy atom. The molecule has 0 aromatic carbocycles. The third kappa shape index (κ3) is 4.34. The minimum atomic E-state index is -3.78. The van der Waals surface area contributed by atoms with Crippen LogP contribution < -0.4 is 9.62 Å². The fourth-order valence-corrected chi connectivity index (χ4v) is 5.02. The number of carbonyl (C=O) groups is 1. The van der Waals surface area contributed by atoms with Crippen molar-refractivity contribution in [2.75, 3.05) is 22.7 Å². The number of nitrogens with one attached hydrogen (secondary N) is 1. The van der Waals surface area contributed by atoms with Gasteiger partial charge in [-0.3, -0.25) is 4.72 Å². The highest BCUT2D eigenvalue weighted by Crippen LogP contribution is 2.29. The summed E-state index contributed by atoms with van der Waals surface area (Å²) in [5, 5.41) is 10.9. The summed E-state index contributed by atoms with van der Waals surface area (Å²) in [6, 6.07) is 4.51. The number of sulfonamides is 1. The summed E-state index contributed by atoms with van der Waals surface area (Å²) in [4.78, 5) is 17.6. The highest BCUT2D eigenvalue weighted by Gasteiger charge is 2.22. The highest BCUT2D eigenvalue weighted by atomic mass is 32.2. The normalized spacial score (nSPS) is 15.9. The SMILES string of the molecule is O=C(O)c1cnc(N2CCCCCCC2)c(NS(=O)(=O)c2cccs2)c1. The Labute approximate surface area is 156 Å². The van der Waals surface area contributed by atoms with Crippen molar-refractivity contribution >= 4 is 38.8 Å². The minimum Gasteiger partial charge on any atom is -0.478 e. The number of aromatic nitrogens is 1. The zero-order valence-electron chi connectivity index (χ0n) is 14.2. The van der Waals surface area contributed by atoms with Crippen molar-refractivity contribution in [3.05, 3.63) is 35.3 Å². The van der Waals surface area contributed by atoms with Gasteiger partial charge in [0, 0.05) is 19.3 Å². The number of nitrogens with zero attached hydrogens (tertiary/aromatic N) is 2. The maximum Gasteiger partial charge on any atom is 0.337 e. The van der Waals surface area contributed by atoms with Gasteiger partial charge in [-0.2, -0.15) is 0 Å². The minimum absolute atomic E-state index is 0.0512. The Kier molecular flexibility index (Phi) is 5.77. The molecule has 2 N–H and O–H groups in total. The van der Waals surface area contributed by atoms with E-state index in [2.05, 4.69) is 9.71 Å². The molecule has 0 unspecified atom stereocenters. The number of hydrogen-bond donors (Lipinski definition) is 2. The fourth-order valence-electron chi connectivity index (χ4n) is 2.97. The van der Waals surface area contributed by atoms with E-state index >= 15 is 0 Å². The number of carboxylic acids is 1. The van der Waals surface area contributed by atoms with Crippen molar-refractivity contribution in [3.8, 4) is 0 Å². The molecule has 9 heteroatoms. The summed E-state index contributed by atoms with van der Waals surface area (Å²) >= 11 is 1.11. The standard InChI is InChI=1S/C17H21N3O4S2/c21-17(22)13-11-14(19-26(23,24)15-7-6-10-25-15)16(18-12-13)20-8-4-2-1-3-5-9-20/h6-7,10-12,19H,1-5,8-9H2,(H,21,22). The molecule has 3 heterocycles. The second-order valence-corrected chi connectivity index (χ2v) is 9.05. The number of hydrogen-bond acceptors (Lipinski definition) is 6. The molecule has 2 aromatic rings. The Bertz CT molecular complexity index is 858. The van der Waals surface area contributed by atoms with E-state index in [1.54, 1.807) is 11.4 Å². The Hall–Kier alpha value is -2.13. The number of rotatable bonds is 5. The number of carboxylic acid groups (broad SMARTS) is 1. The smallest absolute Gasteiger partial charge is 0.337 e. The molecule has 1 aliphatic rings. The van der Waals surface area contributed by atoms with Gasteiger partial charge in [0.05, 0.1) is 11.3 Å². The fraction of sp³-hybridized carbons (Fsp3) is 0.412. The van der Waals surface area contributed by atoms with Gasteiger partial charge in [0.25, 0.3) is 10.0 Å². The molecule has 1 aliphatic heterocycles. The third-order valence-corrected chi connectivity index (χ3v) is 7.04. The number of thiophene rings is 1. The first-order chi connectivity index (χ1) is 12.5. The lowest BCUT2D eigenvalue weighted by Gasteiger charge is -2.27. The molecule has 0 bridgehead atoms. The van der Waals surface area contributed by atoms with Crippen LogP contribution in [0.1, 0.15) is 42.5 Å². The topological polar surface area (TPSA) is 99.6 Å². The van der Waals surface area contributed by atoms with Crippen molar-refractivity contribution in [1.82, 2.24) is 4.98 Å². The third-order valence-electron chi connectivity index (χ3n) is 4.27. The molecule has 0 radical (unpaired) electrons. The summed E-state index contributed by atoms with van der Waals surface area (Å²) in [7, 11) is -3.78. The van der Waals surface area contributed by atoms with Gasteiger partial charge in [-0.15, -0.1) is 11.3 Å². The van der Waals surface area contributed by atoms with Crippen molar-refractivity contribution < 1.29 is 18.3 Å². The first-order valence-corrected chi connectivity index (χ1v) is 10.9. The summed E-state index contributed by atoms with van der Waals surface area (Å²) in [6.45, 7) is 1.54. The van der Waals surface area contributed by atoms with Crippen LogP contribution in [-0.2, 0) is 10.0 Å². The van der Waals surface area contributed by atoms with Gasteiger partial charge in [-0.1, -0.05) is 25.3 Å². The Morgan fingerprint density at radius 2 is 1.88 bits per heavy atom. The predicted octanol–water partition coefficient (Wildman–Crippen LogP) is 3.41. The van der Waals surface area contributed by atoms with E-state index in [-0.39, 0.29) is 15.5 Å². The van der Waals surface area contributed by atoms with Crippen LogP contribution in [0.15, 0.2) is 34.0 Å². The van der Waals surface area contributed by atoms with Crippen LogP contribution in [0.5, 0.6) is 0 Å². The molecule has 1 saturated heterocycles. The lowest BCUT2D eigenvalue weighted by Crippen LogP contribution is -2.29. The second kappa shape index (κ2) is 8.05. The zero-order chi connectivity index (χ0) is 18.6. The first kappa shape index (κ1) is 18.7. The molecular weight excluding hydrogens is 374 g/mol. The summed E-state index contributed by atoms with van der Waals surface area (Å²) < 4.78 is 27.9. The molecule has 2 aromatic heterocycles. The lowest BCUT2D eigenvalue weighted by molar-refractivity contribution is 0.0696. The molecule has 0 spiro atoms.